The summed E-state index contributed by atoms with van der Waals surface area (Å²) in [4.78, 5) is 5.40. The fourth-order valence-corrected chi connectivity index (χ4v) is 13.8. The summed E-state index contributed by atoms with van der Waals surface area (Å²) in [5, 5.41) is 1.36. The molecular formula is C60H65BN2S. The van der Waals surface area contributed by atoms with E-state index in [4.69, 9.17) is 0 Å². The summed E-state index contributed by atoms with van der Waals surface area (Å²) in [6.07, 6.45) is 1.09. The smallest absolute Gasteiger partial charge is 0.264 e. The van der Waals surface area contributed by atoms with Gasteiger partial charge in [0.2, 0.25) is 0 Å². The highest BCUT2D eigenvalue weighted by atomic mass is 32.1. The van der Waals surface area contributed by atoms with Crippen molar-refractivity contribution < 1.29 is 0 Å². The molecule has 1 aromatic heterocycles. The molecule has 0 N–H and O–H groups in total. The minimum atomic E-state index is -0.0816. The van der Waals surface area contributed by atoms with Gasteiger partial charge in [0.25, 0.3) is 6.71 Å². The van der Waals surface area contributed by atoms with Crippen molar-refractivity contribution in [2.24, 2.45) is 0 Å². The molecular weight excluding hydrogens is 792 g/mol. The first-order valence-corrected chi connectivity index (χ1v) is 24.6. The Kier molecular flexibility index (Phi) is 8.50. The van der Waals surface area contributed by atoms with Gasteiger partial charge in [-0.2, -0.15) is 0 Å². The van der Waals surface area contributed by atoms with Crippen molar-refractivity contribution in [2.45, 2.75) is 143 Å². The van der Waals surface area contributed by atoms with Crippen molar-refractivity contribution in [3.05, 3.63) is 148 Å². The second kappa shape index (κ2) is 13.1. The van der Waals surface area contributed by atoms with Gasteiger partial charge in [0.15, 0.2) is 0 Å². The van der Waals surface area contributed by atoms with Crippen molar-refractivity contribution in [1.29, 1.82) is 0 Å². The van der Waals surface area contributed by atoms with Crippen LogP contribution in [0.1, 0.15) is 149 Å². The van der Waals surface area contributed by atoms with Crippen LogP contribution in [0.15, 0.2) is 109 Å². The van der Waals surface area contributed by atoms with E-state index < -0.39 is 0 Å². The number of anilines is 6. The van der Waals surface area contributed by atoms with Crippen molar-refractivity contribution in [3.63, 3.8) is 0 Å². The summed E-state index contributed by atoms with van der Waals surface area (Å²) in [5.41, 5.74) is 23.3. The molecule has 0 fully saturated rings. The molecule has 0 amide bonds. The van der Waals surface area contributed by atoms with E-state index in [9.17, 15) is 0 Å². The molecule has 0 bridgehead atoms. The highest BCUT2D eigenvalue weighted by Crippen LogP contribution is 2.60. The van der Waals surface area contributed by atoms with Crippen LogP contribution in [0.4, 0.5) is 34.1 Å². The Labute approximate surface area is 387 Å². The lowest BCUT2D eigenvalue weighted by molar-refractivity contribution is 0.403. The lowest BCUT2D eigenvalue weighted by Crippen LogP contribution is -2.61. The van der Waals surface area contributed by atoms with Gasteiger partial charge in [0, 0.05) is 48.7 Å². The molecule has 6 aromatic carbocycles. The Bertz CT molecular complexity index is 3100. The number of hydrogen-bond acceptors (Lipinski definition) is 3. The second-order valence-electron chi connectivity index (χ2n) is 24.6. The first-order valence-electron chi connectivity index (χ1n) is 23.8. The molecule has 0 saturated carbocycles. The fraction of sp³-hybridized carbons (Fsp3) is 0.367. The number of hydrogen-bond donors (Lipinski definition) is 0. The molecule has 2 aliphatic carbocycles. The summed E-state index contributed by atoms with van der Waals surface area (Å²) in [6, 6.07) is 43.5. The van der Waals surface area contributed by atoms with Gasteiger partial charge < -0.3 is 9.80 Å². The average molecular weight is 857 g/mol. The van der Waals surface area contributed by atoms with Crippen LogP contribution in [0.25, 0.3) is 21.2 Å². The Hall–Kier alpha value is -5.06. The SMILES string of the molecule is CC(C)(C)c1ccc(N2c3ccc(C(C)(C)C)cc3B3c4sc5cc6c(cc5c4N(c4ccc(C(C)(C)C)cc4)c4c3c2cc2c4C(C)(C)CC2(C)C)-c2ccccc2C6(C)C)cc1. The first kappa shape index (κ1) is 41.6. The molecule has 324 valence electrons. The van der Waals surface area contributed by atoms with Crippen molar-refractivity contribution in [2.75, 3.05) is 9.80 Å². The highest BCUT2D eigenvalue weighted by molar-refractivity contribution is 7.33. The maximum atomic E-state index is 2.76. The van der Waals surface area contributed by atoms with Crippen LogP contribution in [0.5, 0.6) is 0 Å². The van der Waals surface area contributed by atoms with E-state index in [0.717, 1.165) is 6.42 Å². The van der Waals surface area contributed by atoms with Crippen LogP contribution >= 0.6 is 11.3 Å². The van der Waals surface area contributed by atoms with Crippen LogP contribution < -0.4 is 25.5 Å². The minimum Gasteiger partial charge on any atom is -0.311 e. The molecule has 3 heterocycles. The fourth-order valence-electron chi connectivity index (χ4n) is 12.5. The third kappa shape index (κ3) is 5.82. The molecule has 2 nitrogen and oxygen atoms in total. The zero-order chi connectivity index (χ0) is 45.4. The van der Waals surface area contributed by atoms with Gasteiger partial charge in [-0.25, -0.2) is 0 Å². The summed E-state index contributed by atoms with van der Waals surface area (Å²) in [5.74, 6) is 0. The largest absolute Gasteiger partial charge is 0.311 e. The molecule has 0 spiro atoms. The molecule has 0 radical (unpaired) electrons. The molecule has 4 heteroatoms. The maximum absolute atomic E-state index is 2.76. The molecule has 4 aliphatic rings. The number of fused-ring (bicyclic) bond motifs is 11. The van der Waals surface area contributed by atoms with Crippen LogP contribution in [-0.2, 0) is 32.5 Å². The normalized spacial score (nSPS) is 17.5. The zero-order valence-electron chi connectivity index (χ0n) is 41.0. The summed E-state index contributed by atoms with van der Waals surface area (Å²) in [6.45, 7) is 36.0. The molecule has 64 heavy (non-hydrogen) atoms. The third-order valence-electron chi connectivity index (χ3n) is 15.7. The summed E-state index contributed by atoms with van der Waals surface area (Å²) in [7, 11) is 0. The van der Waals surface area contributed by atoms with Gasteiger partial charge in [-0.3, -0.25) is 0 Å². The Morgan fingerprint density at radius 2 is 1.09 bits per heavy atom. The number of nitrogens with zero attached hydrogens (tertiary/aromatic N) is 2. The van der Waals surface area contributed by atoms with E-state index in [-0.39, 0.29) is 39.2 Å². The van der Waals surface area contributed by atoms with E-state index in [1.165, 1.54) is 110 Å². The van der Waals surface area contributed by atoms with E-state index in [1.807, 2.05) is 11.3 Å². The number of benzene rings is 6. The van der Waals surface area contributed by atoms with E-state index in [1.54, 1.807) is 0 Å². The standard InChI is InChI=1S/C60H65BN2S/c1-55(2,3)35-20-25-38(26-21-35)62-47-29-24-37(57(7,8)9)30-46(47)61-51-48(62)32-45-50(59(12,13)34-58(45,10)11)53(51)63(39-27-22-36(23-28-39)56(4,5)6)52-42-31-41-40-18-16-17-19-43(40)60(14,15)44(41)33-49(42)64-54(52)61/h16-33H,34H2,1-15H3. The Morgan fingerprint density at radius 3 is 1.70 bits per heavy atom. The van der Waals surface area contributed by atoms with Gasteiger partial charge in [-0.1, -0.05) is 165 Å². The maximum Gasteiger partial charge on any atom is 0.264 e. The van der Waals surface area contributed by atoms with Crippen molar-refractivity contribution in [3.8, 4) is 11.1 Å². The van der Waals surface area contributed by atoms with Crippen LogP contribution in [-0.4, -0.2) is 6.71 Å². The Balaban J connectivity index is 1.31. The first-order chi connectivity index (χ1) is 29.9. The summed E-state index contributed by atoms with van der Waals surface area (Å²) < 4.78 is 2.82. The monoisotopic (exact) mass is 856 g/mol. The van der Waals surface area contributed by atoms with Crippen LogP contribution in [0, 0.1) is 0 Å². The van der Waals surface area contributed by atoms with E-state index in [0.29, 0.717) is 0 Å². The average Bonchev–Trinajstić information content (AvgIpc) is 3.76. The van der Waals surface area contributed by atoms with Crippen LogP contribution in [0.3, 0.4) is 0 Å². The Morgan fingerprint density at radius 1 is 0.516 bits per heavy atom. The lowest BCUT2D eigenvalue weighted by atomic mass is 9.35. The van der Waals surface area contributed by atoms with Crippen molar-refractivity contribution in [1.82, 2.24) is 0 Å². The second-order valence-corrected chi connectivity index (χ2v) is 25.7. The topological polar surface area (TPSA) is 6.48 Å². The van der Waals surface area contributed by atoms with Crippen molar-refractivity contribution >= 4 is 78.0 Å². The highest BCUT2D eigenvalue weighted by Gasteiger charge is 2.53. The predicted molar refractivity (Wildman–Crippen MR) is 280 cm³/mol. The molecule has 0 unspecified atom stereocenters. The van der Waals surface area contributed by atoms with Gasteiger partial charge in [-0.05, 0) is 143 Å². The molecule has 11 rings (SSSR count). The minimum absolute atomic E-state index is 0.0143. The number of rotatable bonds is 2. The molecule has 0 atom stereocenters. The quantitative estimate of drug-likeness (QED) is 0.160. The van der Waals surface area contributed by atoms with Crippen LogP contribution in [0.2, 0.25) is 0 Å². The van der Waals surface area contributed by atoms with E-state index in [2.05, 4.69) is 223 Å². The lowest BCUT2D eigenvalue weighted by Gasteiger charge is -2.46. The van der Waals surface area contributed by atoms with Gasteiger partial charge in [-0.15, -0.1) is 11.3 Å². The number of thiophene rings is 1. The molecule has 0 saturated heterocycles. The van der Waals surface area contributed by atoms with E-state index >= 15 is 0 Å². The summed E-state index contributed by atoms with van der Waals surface area (Å²) >= 11 is 2.04. The molecule has 2 aliphatic heterocycles. The third-order valence-corrected chi connectivity index (χ3v) is 16.9. The predicted octanol–water partition coefficient (Wildman–Crippen LogP) is 15.1. The van der Waals surface area contributed by atoms with Gasteiger partial charge in [0.1, 0.15) is 0 Å². The van der Waals surface area contributed by atoms with Gasteiger partial charge >= 0.3 is 0 Å². The molecule has 7 aromatic rings. The zero-order valence-corrected chi connectivity index (χ0v) is 41.8. The van der Waals surface area contributed by atoms with Gasteiger partial charge in [0.05, 0.1) is 5.69 Å².